The number of fused-ring (bicyclic) bond motifs is 1. The fraction of sp³-hybridized carbons (Fsp3) is 0.400. The second kappa shape index (κ2) is 9.05. The van der Waals surface area contributed by atoms with Gasteiger partial charge in [0, 0.05) is 17.9 Å². The average Bonchev–Trinajstić information content (AvgIpc) is 2.67. The summed E-state index contributed by atoms with van der Waals surface area (Å²) in [5, 5.41) is 5.89. The molecule has 8 heteroatoms. The van der Waals surface area contributed by atoms with Gasteiger partial charge in [0.1, 0.15) is 5.82 Å². The first-order valence-electron chi connectivity index (χ1n) is 9.48. The molecule has 2 aromatic rings. The van der Waals surface area contributed by atoms with Gasteiger partial charge in [0.05, 0.1) is 11.5 Å². The van der Waals surface area contributed by atoms with Crippen molar-refractivity contribution in [2.45, 2.75) is 50.6 Å². The highest BCUT2D eigenvalue weighted by atomic mass is 32.2. The van der Waals surface area contributed by atoms with E-state index < -0.39 is 5.92 Å². The molecule has 1 aliphatic heterocycles. The largest absolute Gasteiger partial charge is 0.326 e. The number of unbranched alkanes of at least 4 members (excludes halogenated alkanes) is 1. The van der Waals surface area contributed by atoms with E-state index in [0.717, 1.165) is 30.6 Å². The lowest BCUT2D eigenvalue weighted by Crippen LogP contribution is -2.36. The zero-order valence-electron chi connectivity index (χ0n) is 16.0. The van der Waals surface area contributed by atoms with E-state index in [4.69, 9.17) is 0 Å². The van der Waals surface area contributed by atoms with Crippen LogP contribution in [-0.4, -0.2) is 27.5 Å². The summed E-state index contributed by atoms with van der Waals surface area (Å²) in [6, 6.07) is 7.50. The van der Waals surface area contributed by atoms with Crippen molar-refractivity contribution >= 4 is 35.1 Å². The topological polar surface area (TPSA) is 104 Å². The lowest BCUT2D eigenvalue weighted by atomic mass is 9.92. The monoisotopic (exact) mass is 400 g/mol. The molecule has 1 atom stereocenters. The number of carbonyl (C=O) groups is 2. The number of nitrogens with one attached hydrogen (secondary N) is 3. The first-order valence-corrected chi connectivity index (χ1v) is 10.5. The molecule has 0 bridgehead atoms. The van der Waals surface area contributed by atoms with Crippen molar-refractivity contribution < 1.29 is 9.59 Å². The molecule has 2 amide bonds. The summed E-state index contributed by atoms with van der Waals surface area (Å²) in [6.45, 7) is 4.14. The molecule has 148 valence electrons. The average molecular weight is 401 g/mol. The summed E-state index contributed by atoms with van der Waals surface area (Å²) in [5.41, 5.74) is 1.62. The third-order valence-corrected chi connectivity index (χ3v) is 5.57. The molecule has 1 aromatic heterocycles. The van der Waals surface area contributed by atoms with Crippen molar-refractivity contribution in [3.63, 3.8) is 0 Å². The molecular formula is C20H24N4O3S. The number of hydrogen-bond acceptors (Lipinski definition) is 5. The number of benzene rings is 1. The van der Waals surface area contributed by atoms with Gasteiger partial charge < -0.3 is 15.6 Å². The normalized spacial score (nSPS) is 15.6. The van der Waals surface area contributed by atoms with Crippen LogP contribution in [0.1, 0.15) is 50.2 Å². The van der Waals surface area contributed by atoms with E-state index in [0.29, 0.717) is 10.8 Å². The summed E-state index contributed by atoms with van der Waals surface area (Å²) in [7, 11) is 0. The molecular weight excluding hydrogens is 376 g/mol. The molecule has 28 heavy (non-hydrogen) atoms. The highest BCUT2D eigenvalue weighted by molar-refractivity contribution is 7.99. The van der Waals surface area contributed by atoms with Gasteiger partial charge in [-0.05, 0) is 30.5 Å². The summed E-state index contributed by atoms with van der Waals surface area (Å²) < 4.78 is 0. The number of aromatic amines is 1. The predicted molar refractivity (Wildman–Crippen MR) is 111 cm³/mol. The molecule has 1 aromatic carbocycles. The van der Waals surface area contributed by atoms with Gasteiger partial charge in [0.25, 0.3) is 5.56 Å². The van der Waals surface area contributed by atoms with Crippen LogP contribution < -0.4 is 16.2 Å². The fourth-order valence-corrected chi connectivity index (χ4v) is 3.96. The van der Waals surface area contributed by atoms with Crippen molar-refractivity contribution in [1.29, 1.82) is 0 Å². The number of carbonyl (C=O) groups excluding carboxylic acids is 2. The van der Waals surface area contributed by atoms with Crippen LogP contribution in [-0.2, 0) is 16.0 Å². The Kier molecular flexibility index (Phi) is 6.51. The van der Waals surface area contributed by atoms with Gasteiger partial charge in [0.2, 0.25) is 11.8 Å². The van der Waals surface area contributed by atoms with Crippen LogP contribution in [0.5, 0.6) is 0 Å². The molecule has 0 fully saturated rings. The van der Waals surface area contributed by atoms with Crippen LogP contribution in [0, 0.1) is 0 Å². The molecule has 0 aliphatic carbocycles. The van der Waals surface area contributed by atoms with Crippen molar-refractivity contribution in [3.05, 3.63) is 45.7 Å². The minimum atomic E-state index is -0.874. The van der Waals surface area contributed by atoms with Crippen LogP contribution in [0.2, 0.25) is 0 Å². The van der Waals surface area contributed by atoms with Crippen LogP contribution in [0.15, 0.2) is 34.2 Å². The lowest BCUT2D eigenvalue weighted by molar-refractivity contribution is -0.123. The molecule has 0 radical (unpaired) electrons. The number of anilines is 2. The maximum Gasteiger partial charge on any atom is 0.257 e. The first kappa shape index (κ1) is 20.1. The van der Waals surface area contributed by atoms with E-state index in [2.05, 4.69) is 34.4 Å². The molecule has 3 rings (SSSR count). The molecule has 0 saturated heterocycles. The van der Waals surface area contributed by atoms with Gasteiger partial charge in [-0.2, -0.15) is 0 Å². The molecule has 0 spiro atoms. The Bertz CT molecular complexity index is 924. The maximum absolute atomic E-state index is 12.8. The van der Waals surface area contributed by atoms with E-state index in [1.54, 1.807) is 0 Å². The predicted octanol–water partition coefficient (Wildman–Crippen LogP) is 3.29. The number of H-pyrrole nitrogens is 1. The number of aryl methyl sites for hydroxylation is 1. The smallest absolute Gasteiger partial charge is 0.257 e. The highest BCUT2D eigenvalue weighted by Gasteiger charge is 2.34. The van der Waals surface area contributed by atoms with Crippen LogP contribution in [0.3, 0.4) is 0 Å². The minimum absolute atomic E-state index is 0.0844. The van der Waals surface area contributed by atoms with Crippen LogP contribution in [0.25, 0.3) is 0 Å². The Hall–Kier alpha value is -2.61. The Labute approximate surface area is 167 Å². The highest BCUT2D eigenvalue weighted by Crippen LogP contribution is 2.30. The summed E-state index contributed by atoms with van der Waals surface area (Å²) in [4.78, 5) is 44.6. The van der Waals surface area contributed by atoms with E-state index in [1.165, 1.54) is 11.8 Å². The first-order chi connectivity index (χ1) is 13.5. The number of thioether (sulfide) groups is 1. The zero-order chi connectivity index (χ0) is 20.1. The summed E-state index contributed by atoms with van der Waals surface area (Å²) in [5.74, 6) is -0.583. The number of nitrogens with zero attached hydrogens (tertiary/aromatic N) is 1. The second-order valence-corrected chi connectivity index (χ2v) is 7.76. The number of amides is 2. The summed E-state index contributed by atoms with van der Waals surface area (Å²) in [6.07, 6.45) is 2.86. The molecule has 1 aliphatic rings. The maximum atomic E-state index is 12.8. The van der Waals surface area contributed by atoms with Crippen molar-refractivity contribution in [1.82, 2.24) is 9.97 Å². The van der Waals surface area contributed by atoms with Crippen molar-refractivity contribution in [3.8, 4) is 0 Å². The SMILES string of the molecule is CCCCSc1nc2c(c(=O)[nH]1)[C@@H](C(=O)Nc1ccc(CC)cc1)CC(=O)N2. The van der Waals surface area contributed by atoms with Crippen LogP contribution in [0.4, 0.5) is 11.5 Å². The van der Waals surface area contributed by atoms with Gasteiger partial charge in [-0.15, -0.1) is 0 Å². The zero-order valence-corrected chi connectivity index (χ0v) is 16.8. The number of hydrogen-bond donors (Lipinski definition) is 3. The van der Waals surface area contributed by atoms with E-state index in [-0.39, 0.29) is 35.2 Å². The van der Waals surface area contributed by atoms with Gasteiger partial charge in [-0.25, -0.2) is 4.98 Å². The van der Waals surface area contributed by atoms with E-state index in [1.807, 2.05) is 24.3 Å². The third-order valence-electron chi connectivity index (χ3n) is 4.61. The lowest BCUT2D eigenvalue weighted by Gasteiger charge is -2.23. The molecule has 3 N–H and O–H groups in total. The van der Waals surface area contributed by atoms with Crippen molar-refractivity contribution in [2.75, 3.05) is 16.4 Å². The molecule has 0 saturated carbocycles. The summed E-state index contributed by atoms with van der Waals surface area (Å²) >= 11 is 1.43. The molecule has 7 nitrogen and oxygen atoms in total. The number of aromatic nitrogens is 2. The van der Waals surface area contributed by atoms with E-state index in [9.17, 15) is 14.4 Å². The fourth-order valence-electron chi connectivity index (χ4n) is 3.01. The minimum Gasteiger partial charge on any atom is -0.326 e. The van der Waals surface area contributed by atoms with Gasteiger partial charge in [-0.3, -0.25) is 14.4 Å². The second-order valence-electron chi connectivity index (χ2n) is 6.68. The molecule has 2 heterocycles. The van der Waals surface area contributed by atoms with Gasteiger partial charge >= 0.3 is 0 Å². The Morgan fingerprint density at radius 2 is 2.00 bits per heavy atom. The van der Waals surface area contributed by atoms with Gasteiger partial charge in [0.15, 0.2) is 5.16 Å². The van der Waals surface area contributed by atoms with Gasteiger partial charge in [-0.1, -0.05) is 44.2 Å². The van der Waals surface area contributed by atoms with E-state index >= 15 is 0 Å². The third kappa shape index (κ3) is 4.62. The Balaban J connectivity index is 1.83. The van der Waals surface area contributed by atoms with Crippen molar-refractivity contribution in [2.24, 2.45) is 0 Å². The Morgan fingerprint density at radius 3 is 2.68 bits per heavy atom. The standard InChI is InChI=1S/C20H24N4O3S/c1-3-5-10-28-20-23-17-16(19(27)24-20)14(11-15(25)22-17)18(26)21-13-8-6-12(4-2)7-9-13/h6-9,14H,3-5,10-11H2,1-2H3,(H,21,26)(H2,22,23,24,25,27)/t14-/m0/s1. The Morgan fingerprint density at radius 1 is 1.25 bits per heavy atom. The molecule has 0 unspecified atom stereocenters. The number of rotatable bonds is 7. The quantitative estimate of drug-likeness (QED) is 0.376. The van der Waals surface area contributed by atoms with Crippen LogP contribution >= 0.6 is 11.8 Å².